The summed E-state index contributed by atoms with van der Waals surface area (Å²) in [6.45, 7) is 1.12. The molecule has 0 bridgehead atoms. The first-order chi connectivity index (χ1) is 9.78. The lowest BCUT2D eigenvalue weighted by atomic mass is 10.0. The third kappa shape index (κ3) is 4.77. The molecule has 0 aromatic carbocycles. The molecule has 0 spiro atoms. The minimum atomic E-state index is -0.386. The molecule has 6 nitrogen and oxygen atoms in total. The molecule has 0 aliphatic heterocycles. The van der Waals surface area contributed by atoms with Crippen LogP contribution in [-0.4, -0.2) is 34.7 Å². The van der Waals surface area contributed by atoms with Crippen molar-refractivity contribution >= 4 is 5.97 Å². The van der Waals surface area contributed by atoms with Crippen molar-refractivity contribution in [2.24, 2.45) is 5.92 Å². The van der Waals surface area contributed by atoms with Crippen LogP contribution >= 0.6 is 0 Å². The zero-order valence-electron chi connectivity index (χ0n) is 11.8. The summed E-state index contributed by atoms with van der Waals surface area (Å²) in [5.74, 6) is 0.263. The Morgan fingerprint density at radius 1 is 1.40 bits per heavy atom. The van der Waals surface area contributed by atoms with E-state index in [2.05, 4.69) is 27.2 Å². The Balaban J connectivity index is 1.75. The molecule has 2 rings (SSSR count). The van der Waals surface area contributed by atoms with Gasteiger partial charge in [-0.25, -0.2) is 4.79 Å². The van der Waals surface area contributed by atoms with E-state index >= 15 is 0 Å². The molecule has 0 N–H and O–H groups in total. The van der Waals surface area contributed by atoms with Gasteiger partial charge in [0.15, 0.2) is 0 Å². The number of carbonyl (C=O) groups excluding carboxylic acids is 1. The number of nitrogens with zero attached hydrogens (tertiary/aromatic N) is 3. The maximum atomic E-state index is 10.9. The molecule has 1 aromatic heterocycles. The quantitative estimate of drug-likeness (QED) is 0.586. The first-order valence-corrected chi connectivity index (χ1v) is 6.96. The first-order valence-electron chi connectivity index (χ1n) is 6.96. The largest absolute Gasteiger partial charge is 0.467 e. The van der Waals surface area contributed by atoms with Gasteiger partial charge in [0.05, 0.1) is 19.9 Å². The summed E-state index contributed by atoms with van der Waals surface area (Å²) in [7, 11) is 1.34. The van der Waals surface area contributed by atoms with Crippen molar-refractivity contribution in [3.8, 4) is 0 Å². The summed E-state index contributed by atoms with van der Waals surface area (Å²) in [5, 5.41) is 8.16. The van der Waals surface area contributed by atoms with Crippen molar-refractivity contribution in [3.63, 3.8) is 0 Å². The maximum Gasteiger partial charge on any atom is 0.331 e. The van der Waals surface area contributed by atoms with Crippen molar-refractivity contribution in [2.75, 3.05) is 13.7 Å². The molecule has 0 saturated carbocycles. The van der Waals surface area contributed by atoms with Gasteiger partial charge in [-0.3, -0.25) is 4.68 Å². The van der Waals surface area contributed by atoms with Crippen LogP contribution in [-0.2, 0) is 27.4 Å². The van der Waals surface area contributed by atoms with E-state index in [9.17, 15) is 4.79 Å². The average molecular weight is 279 g/mol. The molecule has 20 heavy (non-hydrogen) atoms. The first kappa shape index (κ1) is 14.7. The van der Waals surface area contributed by atoms with Crippen LogP contribution in [0.4, 0.5) is 0 Å². The lowest BCUT2D eigenvalue weighted by molar-refractivity contribution is -0.146. The summed E-state index contributed by atoms with van der Waals surface area (Å²) < 4.78 is 11.6. The van der Waals surface area contributed by atoms with Gasteiger partial charge in [0.2, 0.25) is 0 Å². The summed E-state index contributed by atoms with van der Waals surface area (Å²) in [5.41, 5.74) is 0.737. The van der Waals surface area contributed by atoms with E-state index in [1.807, 2.05) is 10.9 Å². The Kier molecular flexibility index (Phi) is 5.73. The number of hydrogen-bond donors (Lipinski definition) is 0. The van der Waals surface area contributed by atoms with Crippen LogP contribution in [0.25, 0.3) is 0 Å². The number of ether oxygens (including phenoxy) is 2. The van der Waals surface area contributed by atoms with Gasteiger partial charge in [-0.05, 0) is 31.6 Å². The second-order valence-corrected chi connectivity index (χ2v) is 4.99. The van der Waals surface area contributed by atoms with Gasteiger partial charge < -0.3 is 9.47 Å². The Bertz CT molecular complexity index is 446. The fourth-order valence-electron chi connectivity index (χ4n) is 2.28. The molecule has 0 amide bonds. The van der Waals surface area contributed by atoms with Gasteiger partial charge in [0.1, 0.15) is 12.3 Å². The van der Waals surface area contributed by atoms with Gasteiger partial charge in [-0.15, -0.1) is 5.10 Å². The molecular weight excluding hydrogens is 258 g/mol. The lowest BCUT2D eigenvalue weighted by Crippen LogP contribution is -2.11. The predicted octanol–water partition coefficient (Wildman–Crippen LogP) is 1.71. The molecule has 1 aliphatic carbocycles. The number of rotatable bonds is 6. The normalized spacial score (nSPS) is 16.1. The Hall–Kier alpha value is -1.69. The van der Waals surface area contributed by atoms with Crippen molar-refractivity contribution < 1.29 is 14.3 Å². The van der Waals surface area contributed by atoms with Gasteiger partial charge in [-0.2, -0.15) is 0 Å². The molecular formula is C14H21N3O3. The van der Waals surface area contributed by atoms with Crippen LogP contribution < -0.4 is 0 Å². The monoisotopic (exact) mass is 279 g/mol. The number of methoxy groups -OCH3 is 1. The molecule has 1 aliphatic rings. The second-order valence-electron chi connectivity index (χ2n) is 4.99. The number of aromatic nitrogens is 3. The smallest absolute Gasteiger partial charge is 0.331 e. The van der Waals surface area contributed by atoms with Crippen LogP contribution in [0.3, 0.4) is 0 Å². The van der Waals surface area contributed by atoms with Gasteiger partial charge in [0, 0.05) is 6.54 Å². The third-order valence-electron chi connectivity index (χ3n) is 3.38. The van der Waals surface area contributed by atoms with E-state index in [4.69, 9.17) is 4.74 Å². The van der Waals surface area contributed by atoms with E-state index < -0.39 is 0 Å². The molecule has 1 heterocycles. The highest BCUT2D eigenvalue weighted by Crippen LogP contribution is 2.20. The summed E-state index contributed by atoms with van der Waals surface area (Å²) in [6, 6.07) is 0. The highest BCUT2D eigenvalue weighted by Gasteiger charge is 2.12. The third-order valence-corrected chi connectivity index (χ3v) is 3.38. The van der Waals surface area contributed by atoms with Crippen molar-refractivity contribution in [2.45, 2.75) is 38.8 Å². The van der Waals surface area contributed by atoms with Crippen LogP contribution in [0.2, 0.25) is 0 Å². The average Bonchev–Trinajstić information content (AvgIpc) is 2.73. The van der Waals surface area contributed by atoms with Crippen LogP contribution in [0.1, 0.15) is 31.4 Å². The number of esters is 1. The number of hydrogen-bond acceptors (Lipinski definition) is 5. The second kappa shape index (κ2) is 7.79. The van der Waals surface area contributed by atoms with E-state index in [-0.39, 0.29) is 19.2 Å². The predicted molar refractivity (Wildman–Crippen MR) is 72.8 cm³/mol. The van der Waals surface area contributed by atoms with Gasteiger partial charge >= 0.3 is 5.97 Å². The molecule has 0 radical (unpaired) electrons. The van der Waals surface area contributed by atoms with E-state index in [1.165, 1.54) is 20.0 Å². The maximum absolute atomic E-state index is 10.9. The van der Waals surface area contributed by atoms with E-state index in [0.29, 0.717) is 5.92 Å². The molecule has 0 unspecified atom stereocenters. The summed E-state index contributed by atoms with van der Waals surface area (Å²) >= 11 is 0. The van der Waals surface area contributed by atoms with Crippen LogP contribution in [0.15, 0.2) is 18.3 Å². The fraction of sp³-hybridized carbons (Fsp3) is 0.643. The minimum Gasteiger partial charge on any atom is -0.467 e. The molecule has 0 saturated heterocycles. The zero-order chi connectivity index (χ0) is 14.2. The Morgan fingerprint density at radius 2 is 2.15 bits per heavy atom. The molecule has 6 heteroatoms. The SMILES string of the molecule is COC(=O)COCc1cn(CC2CCC=CCC2)nn1. The van der Waals surface area contributed by atoms with Crippen molar-refractivity contribution in [1.29, 1.82) is 0 Å². The Labute approximate surface area is 118 Å². The highest BCUT2D eigenvalue weighted by molar-refractivity contribution is 5.70. The zero-order valence-corrected chi connectivity index (χ0v) is 11.8. The molecule has 110 valence electrons. The topological polar surface area (TPSA) is 66.2 Å². The Morgan fingerprint density at radius 3 is 2.85 bits per heavy atom. The van der Waals surface area contributed by atoms with Crippen LogP contribution in [0, 0.1) is 5.92 Å². The molecule has 0 atom stereocenters. The lowest BCUT2D eigenvalue weighted by Gasteiger charge is -2.12. The summed E-state index contributed by atoms with van der Waals surface area (Å²) in [6.07, 6.45) is 11.1. The fourth-order valence-corrected chi connectivity index (χ4v) is 2.28. The highest BCUT2D eigenvalue weighted by atomic mass is 16.6. The molecule has 0 fully saturated rings. The van der Waals surface area contributed by atoms with Crippen LogP contribution in [0.5, 0.6) is 0 Å². The summed E-state index contributed by atoms with van der Waals surface area (Å²) in [4.78, 5) is 10.9. The molecule has 1 aromatic rings. The minimum absolute atomic E-state index is 0.0579. The van der Waals surface area contributed by atoms with Gasteiger partial charge in [0.25, 0.3) is 0 Å². The van der Waals surface area contributed by atoms with E-state index in [1.54, 1.807) is 0 Å². The standard InChI is InChI=1S/C14H21N3O3/c1-19-14(18)11-20-10-13-9-17(16-15-13)8-12-6-4-2-3-5-7-12/h2-3,9,12H,4-8,10-11H2,1H3. The number of allylic oxidation sites excluding steroid dienone is 2. The van der Waals surface area contributed by atoms with Crippen molar-refractivity contribution in [3.05, 3.63) is 24.0 Å². The number of carbonyl (C=O) groups is 1. The van der Waals surface area contributed by atoms with E-state index in [0.717, 1.165) is 25.1 Å². The van der Waals surface area contributed by atoms with Crippen molar-refractivity contribution in [1.82, 2.24) is 15.0 Å². The van der Waals surface area contributed by atoms with Gasteiger partial charge in [-0.1, -0.05) is 17.4 Å².